The summed E-state index contributed by atoms with van der Waals surface area (Å²) in [6.45, 7) is 2.27. The molecule has 0 aliphatic carbocycles. The number of ether oxygens (including phenoxy) is 1. The molecule has 2 aliphatic heterocycles. The Kier molecular flexibility index (Phi) is 6.18. The summed E-state index contributed by atoms with van der Waals surface area (Å²) in [5, 5.41) is 2.73. The van der Waals surface area contributed by atoms with Gasteiger partial charge >= 0.3 is 0 Å². The van der Waals surface area contributed by atoms with Gasteiger partial charge in [-0.2, -0.15) is 0 Å². The van der Waals surface area contributed by atoms with E-state index in [4.69, 9.17) is 4.74 Å². The first-order valence-electron chi connectivity index (χ1n) is 9.46. The maximum Gasteiger partial charge on any atom is 0.263 e. The molecule has 3 rings (SSSR count). The van der Waals surface area contributed by atoms with Crippen LogP contribution in [0.4, 0.5) is 5.69 Å². The van der Waals surface area contributed by atoms with Crippen molar-refractivity contribution in [2.24, 2.45) is 5.92 Å². The lowest BCUT2D eigenvalue weighted by Crippen LogP contribution is -2.52. The van der Waals surface area contributed by atoms with E-state index in [0.29, 0.717) is 30.8 Å². The summed E-state index contributed by atoms with van der Waals surface area (Å²) < 4.78 is 57.0. The molecule has 1 aromatic carbocycles. The maximum absolute atomic E-state index is 13.2. The van der Waals surface area contributed by atoms with E-state index in [9.17, 15) is 21.6 Å². The Morgan fingerprint density at radius 3 is 2.79 bits per heavy atom. The molecule has 8 nitrogen and oxygen atoms in total. The van der Waals surface area contributed by atoms with Crippen LogP contribution in [0.3, 0.4) is 0 Å². The zero-order valence-electron chi connectivity index (χ0n) is 15.8. The van der Waals surface area contributed by atoms with E-state index in [2.05, 4.69) is 5.32 Å². The molecule has 0 saturated carbocycles. The summed E-state index contributed by atoms with van der Waals surface area (Å²) in [7, 11) is -7.03. The van der Waals surface area contributed by atoms with Gasteiger partial charge in [-0.15, -0.1) is 0 Å². The van der Waals surface area contributed by atoms with Crippen LogP contribution in [-0.2, 0) is 24.7 Å². The van der Waals surface area contributed by atoms with E-state index >= 15 is 0 Å². The number of carbonyl (C=O) groups is 1. The number of sulfone groups is 1. The van der Waals surface area contributed by atoms with Gasteiger partial charge in [0.2, 0.25) is 10.0 Å². The molecule has 1 aromatic rings. The summed E-state index contributed by atoms with van der Waals surface area (Å²) in [4.78, 5) is 12.4. The van der Waals surface area contributed by atoms with Gasteiger partial charge in [-0.1, -0.05) is 19.1 Å². The summed E-state index contributed by atoms with van der Waals surface area (Å²) in [5.41, 5.74) is 0.376. The van der Waals surface area contributed by atoms with Crippen molar-refractivity contribution < 1.29 is 26.4 Å². The number of anilines is 1. The molecule has 0 spiro atoms. The highest BCUT2D eigenvalue weighted by molar-refractivity contribution is 7.93. The Balaban J connectivity index is 1.84. The summed E-state index contributed by atoms with van der Waals surface area (Å²) in [6, 6.07) is 6.67. The SMILES string of the molecule is CCCNC(=O)[C@H]1CN(S(=O)(=O)C[C@H]2CCCS(=O)(=O)C2)c2ccccc2O1. The molecule has 0 bridgehead atoms. The third-order valence-electron chi connectivity index (χ3n) is 4.92. The average Bonchev–Trinajstić information content (AvgIpc) is 2.64. The quantitative estimate of drug-likeness (QED) is 0.719. The smallest absolute Gasteiger partial charge is 0.263 e. The first-order valence-corrected chi connectivity index (χ1v) is 12.9. The number of fused-ring (bicyclic) bond motifs is 1. The van der Waals surface area contributed by atoms with Gasteiger partial charge in [0.1, 0.15) is 5.75 Å². The number of nitrogens with one attached hydrogen (secondary N) is 1. The van der Waals surface area contributed by atoms with Crippen molar-refractivity contribution in [3.05, 3.63) is 24.3 Å². The molecule has 2 aliphatic rings. The van der Waals surface area contributed by atoms with Gasteiger partial charge < -0.3 is 10.1 Å². The van der Waals surface area contributed by atoms with Gasteiger partial charge in [0, 0.05) is 6.54 Å². The largest absolute Gasteiger partial charge is 0.476 e. The number of hydrogen-bond acceptors (Lipinski definition) is 6. The Labute approximate surface area is 166 Å². The molecule has 0 aromatic heterocycles. The van der Waals surface area contributed by atoms with Crippen LogP contribution in [0.25, 0.3) is 0 Å². The van der Waals surface area contributed by atoms with Gasteiger partial charge in [0.05, 0.1) is 29.5 Å². The number of carbonyl (C=O) groups excluding carboxylic acids is 1. The standard InChI is InChI=1S/C18H26N2O6S2/c1-2-9-19-18(21)17-11-20(15-7-3-4-8-16(15)26-17)28(24,25)13-14-6-5-10-27(22,23)12-14/h3-4,7-8,14,17H,2,5-6,9-13H2,1H3,(H,19,21)/t14-,17+/m0/s1. The number of amides is 1. The van der Waals surface area contributed by atoms with Crippen LogP contribution in [-0.4, -0.2) is 59.2 Å². The van der Waals surface area contributed by atoms with E-state index in [1.54, 1.807) is 24.3 Å². The number of sulfonamides is 1. The third-order valence-corrected chi connectivity index (χ3v) is 8.72. The van der Waals surface area contributed by atoms with Crippen molar-refractivity contribution in [3.8, 4) is 5.75 Å². The van der Waals surface area contributed by atoms with Crippen LogP contribution in [0, 0.1) is 5.92 Å². The fourth-order valence-electron chi connectivity index (χ4n) is 3.60. The Hall–Kier alpha value is -1.81. The van der Waals surface area contributed by atoms with Gasteiger partial charge in [0.25, 0.3) is 5.91 Å². The van der Waals surface area contributed by atoms with Crippen LogP contribution in [0.1, 0.15) is 26.2 Å². The minimum Gasteiger partial charge on any atom is -0.476 e. The molecule has 2 atom stereocenters. The van der Waals surface area contributed by atoms with Gasteiger partial charge in [-0.25, -0.2) is 16.8 Å². The predicted molar refractivity (Wildman–Crippen MR) is 107 cm³/mol. The number of hydrogen-bond donors (Lipinski definition) is 1. The number of rotatable bonds is 6. The highest BCUT2D eigenvalue weighted by atomic mass is 32.2. The van der Waals surface area contributed by atoms with E-state index in [-0.39, 0.29) is 29.7 Å². The molecule has 1 fully saturated rings. The predicted octanol–water partition coefficient (Wildman–Crippen LogP) is 0.935. The van der Waals surface area contributed by atoms with Crippen LogP contribution < -0.4 is 14.4 Å². The fourth-order valence-corrected chi connectivity index (χ4v) is 7.40. The van der Waals surface area contributed by atoms with Crippen molar-refractivity contribution in [2.45, 2.75) is 32.3 Å². The summed E-state index contributed by atoms with van der Waals surface area (Å²) in [6.07, 6.45) is 0.842. The maximum atomic E-state index is 13.2. The number of para-hydroxylation sites is 2. The van der Waals surface area contributed by atoms with E-state index in [1.807, 2.05) is 6.92 Å². The summed E-state index contributed by atoms with van der Waals surface area (Å²) >= 11 is 0. The highest BCUT2D eigenvalue weighted by Crippen LogP contribution is 2.36. The first-order chi connectivity index (χ1) is 13.2. The molecular weight excluding hydrogens is 404 g/mol. The van der Waals surface area contributed by atoms with Crippen molar-refractivity contribution >= 4 is 31.5 Å². The van der Waals surface area contributed by atoms with Crippen molar-refractivity contribution in [3.63, 3.8) is 0 Å². The molecule has 2 heterocycles. The minimum absolute atomic E-state index is 0.112. The van der Waals surface area contributed by atoms with E-state index in [1.165, 1.54) is 4.31 Å². The third kappa shape index (κ3) is 4.78. The second kappa shape index (κ2) is 8.28. The Bertz CT molecular complexity index is 929. The monoisotopic (exact) mass is 430 g/mol. The Morgan fingerprint density at radius 2 is 2.07 bits per heavy atom. The molecule has 10 heteroatoms. The van der Waals surface area contributed by atoms with Crippen LogP contribution in [0.2, 0.25) is 0 Å². The van der Waals surface area contributed by atoms with Crippen LogP contribution in [0.5, 0.6) is 5.75 Å². The molecular formula is C18H26N2O6S2. The van der Waals surface area contributed by atoms with Crippen molar-refractivity contribution in [2.75, 3.05) is 34.7 Å². The number of nitrogens with zero attached hydrogens (tertiary/aromatic N) is 1. The lowest BCUT2D eigenvalue weighted by atomic mass is 10.1. The average molecular weight is 431 g/mol. The zero-order valence-corrected chi connectivity index (χ0v) is 17.5. The van der Waals surface area contributed by atoms with Gasteiger partial charge in [-0.3, -0.25) is 9.10 Å². The lowest BCUT2D eigenvalue weighted by Gasteiger charge is -2.35. The molecule has 28 heavy (non-hydrogen) atoms. The van der Waals surface area contributed by atoms with Crippen LogP contribution >= 0.6 is 0 Å². The molecule has 1 amide bonds. The van der Waals surface area contributed by atoms with Crippen molar-refractivity contribution in [1.29, 1.82) is 0 Å². The second-order valence-corrected chi connectivity index (χ2v) is 11.5. The molecule has 156 valence electrons. The van der Waals surface area contributed by atoms with E-state index in [0.717, 1.165) is 6.42 Å². The number of benzene rings is 1. The lowest BCUT2D eigenvalue weighted by molar-refractivity contribution is -0.127. The van der Waals surface area contributed by atoms with Gasteiger partial charge in [0.15, 0.2) is 15.9 Å². The molecule has 0 radical (unpaired) electrons. The topological polar surface area (TPSA) is 110 Å². The fraction of sp³-hybridized carbons (Fsp3) is 0.611. The van der Waals surface area contributed by atoms with E-state index < -0.39 is 31.9 Å². The first kappa shape index (κ1) is 20.9. The highest BCUT2D eigenvalue weighted by Gasteiger charge is 2.38. The molecule has 1 saturated heterocycles. The normalized spacial score (nSPS) is 24.1. The molecule has 1 N–H and O–H groups in total. The Morgan fingerprint density at radius 1 is 1.32 bits per heavy atom. The van der Waals surface area contributed by atoms with Crippen LogP contribution in [0.15, 0.2) is 24.3 Å². The minimum atomic E-state index is -3.82. The second-order valence-electron chi connectivity index (χ2n) is 7.30. The zero-order chi connectivity index (χ0) is 20.4. The van der Waals surface area contributed by atoms with Gasteiger partial charge in [-0.05, 0) is 37.3 Å². The van der Waals surface area contributed by atoms with Crippen molar-refractivity contribution in [1.82, 2.24) is 5.32 Å². The molecule has 0 unspecified atom stereocenters. The summed E-state index contributed by atoms with van der Waals surface area (Å²) in [5.74, 6) is -0.736.